The second-order valence-electron chi connectivity index (χ2n) is 6.87. The normalized spacial score (nSPS) is 11.0. The van der Waals surface area contributed by atoms with Crippen LogP contribution in [-0.4, -0.2) is 35.8 Å². The van der Waals surface area contributed by atoms with E-state index in [1.54, 1.807) is 12.1 Å². The number of carbonyl (C=O) groups excluding carboxylic acids is 2. The van der Waals surface area contributed by atoms with Crippen molar-refractivity contribution in [3.63, 3.8) is 0 Å². The van der Waals surface area contributed by atoms with Gasteiger partial charge in [0, 0.05) is 29.4 Å². The molecule has 0 aromatic heterocycles. The van der Waals surface area contributed by atoms with Gasteiger partial charge in [0.1, 0.15) is 11.6 Å². The van der Waals surface area contributed by atoms with Crippen LogP contribution in [0.15, 0.2) is 42.5 Å². The van der Waals surface area contributed by atoms with Crippen molar-refractivity contribution in [2.24, 2.45) is 0 Å². The molecule has 2 rings (SSSR count). The van der Waals surface area contributed by atoms with E-state index in [-0.39, 0.29) is 30.1 Å². The van der Waals surface area contributed by atoms with Gasteiger partial charge in [0.25, 0.3) is 0 Å². The predicted molar refractivity (Wildman–Crippen MR) is 108 cm³/mol. The number of ketones is 1. The number of amides is 1. The Kier molecular flexibility index (Phi) is 7.70. The molecule has 2 aromatic rings. The van der Waals surface area contributed by atoms with Crippen molar-refractivity contribution in [1.29, 1.82) is 0 Å². The fourth-order valence-electron chi connectivity index (χ4n) is 2.78. The predicted octanol–water partition coefficient (Wildman–Crippen LogP) is 4.28. The average molecular weight is 386 g/mol. The van der Waals surface area contributed by atoms with Crippen LogP contribution in [0.4, 0.5) is 10.1 Å². The first-order chi connectivity index (χ1) is 13.3. The third kappa shape index (κ3) is 6.16. The van der Waals surface area contributed by atoms with Gasteiger partial charge in [-0.25, -0.2) is 4.39 Å². The fourth-order valence-corrected chi connectivity index (χ4v) is 2.78. The highest BCUT2D eigenvalue weighted by Crippen LogP contribution is 2.23. The SMILES string of the molecule is CCOc1ccc(C(C)=O)cc1CN(CC(=O)Nc1ccc(F)cc1)C(C)C. The van der Waals surface area contributed by atoms with E-state index in [2.05, 4.69) is 5.32 Å². The fraction of sp³-hybridized carbons (Fsp3) is 0.364. The third-order valence-electron chi connectivity index (χ3n) is 4.35. The quantitative estimate of drug-likeness (QED) is 0.654. The number of benzene rings is 2. The van der Waals surface area contributed by atoms with Crippen molar-refractivity contribution in [3.05, 3.63) is 59.4 Å². The molecule has 0 atom stereocenters. The lowest BCUT2D eigenvalue weighted by Crippen LogP contribution is -2.37. The Hall–Kier alpha value is -2.73. The van der Waals surface area contributed by atoms with Gasteiger partial charge in [0.15, 0.2) is 5.78 Å². The summed E-state index contributed by atoms with van der Waals surface area (Å²) in [5.41, 5.74) is 2.01. The van der Waals surface area contributed by atoms with Crippen molar-refractivity contribution >= 4 is 17.4 Å². The van der Waals surface area contributed by atoms with Gasteiger partial charge in [-0.2, -0.15) is 0 Å². The van der Waals surface area contributed by atoms with E-state index < -0.39 is 0 Å². The lowest BCUT2D eigenvalue weighted by molar-refractivity contribution is -0.117. The van der Waals surface area contributed by atoms with Crippen molar-refractivity contribution < 1.29 is 18.7 Å². The molecule has 28 heavy (non-hydrogen) atoms. The Morgan fingerprint density at radius 3 is 2.39 bits per heavy atom. The van der Waals surface area contributed by atoms with Gasteiger partial charge >= 0.3 is 0 Å². The average Bonchev–Trinajstić information content (AvgIpc) is 2.64. The molecule has 6 heteroatoms. The van der Waals surface area contributed by atoms with Gasteiger partial charge < -0.3 is 10.1 Å². The van der Waals surface area contributed by atoms with Crippen LogP contribution in [0.2, 0.25) is 0 Å². The number of hydrogen-bond donors (Lipinski definition) is 1. The number of nitrogens with one attached hydrogen (secondary N) is 1. The minimum atomic E-state index is -0.351. The number of hydrogen-bond acceptors (Lipinski definition) is 4. The van der Waals surface area contributed by atoms with Gasteiger partial charge in [-0.05, 0) is 70.2 Å². The molecule has 2 aromatic carbocycles. The summed E-state index contributed by atoms with van der Waals surface area (Å²) in [4.78, 5) is 26.2. The van der Waals surface area contributed by atoms with Crippen LogP contribution in [0.1, 0.15) is 43.6 Å². The molecule has 0 unspecified atom stereocenters. The summed E-state index contributed by atoms with van der Waals surface area (Å²) in [5.74, 6) is 0.142. The van der Waals surface area contributed by atoms with E-state index in [0.717, 1.165) is 5.56 Å². The Bertz CT molecular complexity index is 819. The molecule has 0 saturated carbocycles. The van der Waals surface area contributed by atoms with Gasteiger partial charge in [0.05, 0.1) is 13.2 Å². The monoisotopic (exact) mass is 386 g/mol. The number of halogens is 1. The maximum atomic E-state index is 13.0. The zero-order valence-corrected chi connectivity index (χ0v) is 16.8. The summed E-state index contributed by atoms with van der Waals surface area (Å²) >= 11 is 0. The molecule has 0 aliphatic carbocycles. The van der Waals surface area contributed by atoms with Crippen LogP contribution in [0.3, 0.4) is 0 Å². The van der Waals surface area contributed by atoms with Gasteiger partial charge in [-0.15, -0.1) is 0 Å². The number of Topliss-reactive ketones (excluding diaryl/α,β-unsaturated/α-hetero) is 1. The molecule has 0 radical (unpaired) electrons. The lowest BCUT2D eigenvalue weighted by Gasteiger charge is -2.27. The summed E-state index contributed by atoms with van der Waals surface area (Å²) < 4.78 is 18.7. The first kappa shape index (κ1) is 21.6. The van der Waals surface area contributed by atoms with Gasteiger partial charge in [0.2, 0.25) is 5.91 Å². The van der Waals surface area contributed by atoms with Gasteiger partial charge in [-0.3, -0.25) is 14.5 Å². The van der Waals surface area contributed by atoms with Gasteiger partial charge in [-0.1, -0.05) is 0 Å². The Labute approximate surface area is 165 Å². The molecule has 5 nitrogen and oxygen atoms in total. The third-order valence-corrected chi connectivity index (χ3v) is 4.35. The molecule has 0 spiro atoms. The van der Waals surface area contributed by atoms with Crippen molar-refractivity contribution in [2.75, 3.05) is 18.5 Å². The van der Waals surface area contributed by atoms with Crippen molar-refractivity contribution in [3.8, 4) is 5.75 Å². The number of anilines is 1. The highest BCUT2D eigenvalue weighted by atomic mass is 19.1. The summed E-state index contributed by atoms with van der Waals surface area (Å²) in [7, 11) is 0. The highest BCUT2D eigenvalue weighted by Gasteiger charge is 2.18. The van der Waals surface area contributed by atoms with Crippen LogP contribution in [-0.2, 0) is 11.3 Å². The van der Waals surface area contributed by atoms with Crippen LogP contribution in [0.25, 0.3) is 0 Å². The molecule has 150 valence electrons. The molecule has 0 bridgehead atoms. The summed E-state index contributed by atoms with van der Waals surface area (Å²) in [6, 6.07) is 11.1. The zero-order valence-electron chi connectivity index (χ0n) is 16.8. The van der Waals surface area contributed by atoms with E-state index in [9.17, 15) is 14.0 Å². The van der Waals surface area contributed by atoms with Crippen LogP contribution < -0.4 is 10.1 Å². The highest BCUT2D eigenvalue weighted by molar-refractivity contribution is 5.94. The Morgan fingerprint density at radius 2 is 1.82 bits per heavy atom. The van der Waals surface area contributed by atoms with E-state index >= 15 is 0 Å². The van der Waals surface area contributed by atoms with Crippen LogP contribution in [0.5, 0.6) is 5.75 Å². The number of ether oxygens (including phenoxy) is 1. The number of rotatable bonds is 9. The summed E-state index contributed by atoms with van der Waals surface area (Å²) in [5, 5.41) is 2.78. The smallest absolute Gasteiger partial charge is 0.238 e. The van der Waals surface area contributed by atoms with E-state index in [1.165, 1.54) is 31.2 Å². The first-order valence-electron chi connectivity index (χ1n) is 9.36. The summed E-state index contributed by atoms with van der Waals surface area (Å²) in [6.07, 6.45) is 0. The van der Waals surface area contributed by atoms with E-state index in [1.807, 2.05) is 31.7 Å². The molecule has 1 N–H and O–H groups in total. The molecular formula is C22H27FN2O3. The van der Waals surface area contributed by atoms with Crippen LogP contribution >= 0.6 is 0 Å². The maximum Gasteiger partial charge on any atom is 0.238 e. The molecule has 0 aliphatic rings. The molecule has 0 aliphatic heterocycles. The van der Waals surface area contributed by atoms with Crippen LogP contribution in [0, 0.1) is 5.82 Å². The first-order valence-corrected chi connectivity index (χ1v) is 9.36. The molecule has 0 fully saturated rings. The van der Waals surface area contributed by atoms with Crippen molar-refractivity contribution in [1.82, 2.24) is 4.90 Å². The zero-order chi connectivity index (χ0) is 20.7. The number of nitrogens with zero attached hydrogens (tertiary/aromatic N) is 1. The Balaban J connectivity index is 2.15. The molecule has 0 saturated heterocycles. The molecule has 0 heterocycles. The standard InChI is InChI=1S/C22H27FN2O3/c1-5-28-21-11-6-17(16(4)26)12-18(21)13-25(15(2)3)14-22(27)24-20-9-7-19(23)8-10-20/h6-12,15H,5,13-14H2,1-4H3,(H,24,27). The molecular weight excluding hydrogens is 359 g/mol. The number of carbonyl (C=O) groups is 2. The van der Waals surface area contributed by atoms with E-state index in [0.29, 0.717) is 30.2 Å². The second-order valence-corrected chi connectivity index (χ2v) is 6.87. The Morgan fingerprint density at radius 1 is 1.14 bits per heavy atom. The van der Waals surface area contributed by atoms with E-state index in [4.69, 9.17) is 4.74 Å². The minimum Gasteiger partial charge on any atom is -0.494 e. The topological polar surface area (TPSA) is 58.6 Å². The van der Waals surface area contributed by atoms with Crippen molar-refractivity contribution in [2.45, 2.75) is 40.3 Å². The minimum absolute atomic E-state index is 0.0190. The largest absolute Gasteiger partial charge is 0.494 e. The lowest BCUT2D eigenvalue weighted by atomic mass is 10.1. The maximum absolute atomic E-state index is 13.0. The summed E-state index contributed by atoms with van der Waals surface area (Å²) in [6.45, 7) is 8.56. The second kappa shape index (κ2) is 9.99. The molecule has 1 amide bonds.